The molecule has 0 radical (unpaired) electrons. The molecule has 1 aromatic rings. The number of aryl methyl sites for hydroxylation is 1. The van der Waals surface area contributed by atoms with Gasteiger partial charge in [-0.1, -0.05) is 44.2 Å². The predicted octanol–water partition coefficient (Wildman–Crippen LogP) is 3.66. The summed E-state index contributed by atoms with van der Waals surface area (Å²) in [6.45, 7) is 6.05. The van der Waals surface area contributed by atoms with Crippen LogP contribution in [0.15, 0.2) is 30.3 Å². The van der Waals surface area contributed by atoms with Gasteiger partial charge in [0.15, 0.2) is 0 Å². The normalized spacial score (nSPS) is 18.7. The number of piperidine rings is 1. The number of hydrogen-bond donors (Lipinski definition) is 1. The molecule has 0 bridgehead atoms. The highest BCUT2D eigenvalue weighted by molar-refractivity contribution is 5.78. The molecule has 1 N–H and O–H groups in total. The molecule has 128 valence electrons. The number of rotatable bonds is 7. The van der Waals surface area contributed by atoms with E-state index >= 15 is 0 Å². The van der Waals surface area contributed by atoms with E-state index in [4.69, 9.17) is 0 Å². The largest absolute Gasteiger partial charge is 0.396 e. The molecule has 0 spiro atoms. The van der Waals surface area contributed by atoms with Gasteiger partial charge in [-0.15, -0.1) is 0 Å². The van der Waals surface area contributed by atoms with Crippen molar-refractivity contribution in [1.82, 2.24) is 4.90 Å². The van der Waals surface area contributed by atoms with Gasteiger partial charge in [0.2, 0.25) is 5.91 Å². The van der Waals surface area contributed by atoms with Gasteiger partial charge in [-0.05, 0) is 49.5 Å². The van der Waals surface area contributed by atoms with Crippen molar-refractivity contribution in [3.05, 3.63) is 35.9 Å². The summed E-state index contributed by atoms with van der Waals surface area (Å²) < 4.78 is 0. The molecule has 2 rings (SSSR count). The minimum Gasteiger partial charge on any atom is -0.396 e. The third-order valence-electron chi connectivity index (χ3n) is 5.59. The Hall–Kier alpha value is -1.35. The van der Waals surface area contributed by atoms with Gasteiger partial charge in [0.1, 0.15) is 0 Å². The number of benzene rings is 1. The van der Waals surface area contributed by atoms with Gasteiger partial charge in [0, 0.05) is 25.6 Å². The van der Waals surface area contributed by atoms with Crippen molar-refractivity contribution in [3.8, 4) is 0 Å². The highest BCUT2D eigenvalue weighted by Gasteiger charge is 2.34. The number of aliphatic hydroxyl groups excluding tert-OH is 1. The lowest BCUT2D eigenvalue weighted by Crippen LogP contribution is -2.46. The maximum absolute atomic E-state index is 12.6. The number of carbonyl (C=O) groups excluding carboxylic acids is 1. The third-order valence-corrected chi connectivity index (χ3v) is 5.59. The Bertz CT molecular complexity index is 472. The Kier molecular flexibility index (Phi) is 6.64. The van der Waals surface area contributed by atoms with Crippen LogP contribution in [0.4, 0.5) is 0 Å². The molecule has 3 nitrogen and oxygen atoms in total. The molecule has 1 amide bonds. The van der Waals surface area contributed by atoms with Gasteiger partial charge in [0.25, 0.3) is 0 Å². The fraction of sp³-hybridized carbons (Fsp3) is 0.650. The second-order valence-corrected chi connectivity index (χ2v) is 7.12. The van der Waals surface area contributed by atoms with Crippen molar-refractivity contribution in [2.75, 3.05) is 19.7 Å². The van der Waals surface area contributed by atoms with Crippen LogP contribution in [-0.4, -0.2) is 35.6 Å². The van der Waals surface area contributed by atoms with Crippen LogP contribution >= 0.6 is 0 Å². The lowest BCUT2D eigenvalue weighted by Gasteiger charge is -2.41. The Morgan fingerprint density at radius 2 is 1.91 bits per heavy atom. The molecular formula is C20H31NO2. The molecule has 0 aromatic heterocycles. The summed E-state index contributed by atoms with van der Waals surface area (Å²) in [6, 6.07) is 10.5. The fourth-order valence-electron chi connectivity index (χ4n) is 3.52. The van der Waals surface area contributed by atoms with Crippen molar-refractivity contribution in [2.24, 2.45) is 11.3 Å². The first-order valence-electron chi connectivity index (χ1n) is 9.04. The Labute approximate surface area is 140 Å². The van der Waals surface area contributed by atoms with E-state index in [-0.39, 0.29) is 17.9 Å². The van der Waals surface area contributed by atoms with Gasteiger partial charge in [-0.25, -0.2) is 0 Å². The van der Waals surface area contributed by atoms with Crippen molar-refractivity contribution in [3.63, 3.8) is 0 Å². The zero-order valence-corrected chi connectivity index (χ0v) is 14.6. The SMILES string of the molecule is CCC1(CO)CCN(C(=O)C(C)CCCc2ccccc2)CC1. The summed E-state index contributed by atoms with van der Waals surface area (Å²) in [6.07, 6.45) is 5.91. The highest BCUT2D eigenvalue weighted by Crippen LogP contribution is 2.34. The Morgan fingerprint density at radius 1 is 1.26 bits per heavy atom. The molecule has 1 unspecified atom stereocenters. The standard InChI is InChI=1S/C20H31NO2/c1-3-20(16-22)12-14-21(15-13-20)19(23)17(2)8-7-11-18-9-5-4-6-10-18/h4-6,9-10,17,22H,3,7-8,11-16H2,1-2H3. The molecule has 3 heteroatoms. The molecule has 1 aliphatic heterocycles. The average molecular weight is 317 g/mol. The monoisotopic (exact) mass is 317 g/mol. The lowest BCUT2D eigenvalue weighted by molar-refractivity contribution is -0.138. The second-order valence-electron chi connectivity index (χ2n) is 7.12. The highest BCUT2D eigenvalue weighted by atomic mass is 16.3. The molecule has 1 saturated heterocycles. The molecule has 0 aliphatic carbocycles. The molecular weight excluding hydrogens is 286 g/mol. The number of nitrogens with zero attached hydrogens (tertiary/aromatic N) is 1. The van der Waals surface area contributed by atoms with Crippen LogP contribution in [0.1, 0.15) is 51.5 Å². The van der Waals surface area contributed by atoms with Crippen LogP contribution in [0.5, 0.6) is 0 Å². The Morgan fingerprint density at radius 3 is 2.48 bits per heavy atom. The van der Waals surface area contributed by atoms with E-state index in [0.29, 0.717) is 5.91 Å². The first kappa shape index (κ1) is 18.0. The van der Waals surface area contributed by atoms with Crippen LogP contribution < -0.4 is 0 Å². The average Bonchev–Trinajstić information content (AvgIpc) is 2.62. The first-order chi connectivity index (χ1) is 11.1. The number of aliphatic hydroxyl groups is 1. The lowest BCUT2D eigenvalue weighted by atomic mass is 9.77. The summed E-state index contributed by atoms with van der Waals surface area (Å²) in [4.78, 5) is 14.6. The van der Waals surface area contributed by atoms with E-state index in [1.807, 2.05) is 11.0 Å². The smallest absolute Gasteiger partial charge is 0.225 e. The van der Waals surface area contributed by atoms with Crippen molar-refractivity contribution >= 4 is 5.91 Å². The molecule has 1 heterocycles. The van der Waals surface area contributed by atoms with Crippen molar-refractivity contribution in [1.29, 1.82) is 0 Å². The summed E-state index contributed by atoms with van der Waals surface area (Å²) in [5.41, 5.74) is 1.40. The van der Waals surface area contributed by atoms with E-state index < -0.39 is 0 Å². The Balaban J connectivity index is 1.75. The molecule has 1 aliphatic rings. The van der Waals surface area contributed by atoms with E-state index in [2.05, 4.69) is 38.1 Å². The topological polar surface area (TPSA) is 40.5 Å². The summed E-state index contributed by atoms with van der Waals surface area (Å²) >= 11 is 0. The summed E-state index contributed by atoms with van der Waals surface area (Å²) in [5, 5.41) is 9.60. The molecule has 1 atom stereocenters. The zero-order chi connectivity index (χ0) is 16.7. The number of amides is 1. The zero-order valence-electron chi connectivity index (χ0n) is 14.6. The van der Waals surface area contributed by atoms with Crippen LogP contribution in [0.25, 0.3) is 0 Å². The number of likely N-dealkylation sites (tertiary alicyclic amines) is 1. The third kappa shape index (κ3) is 4.81. The minimum atomic E-state index is 0.0489. The van der Waals surface area contributed by atoms with Crippen LogP contribution in [0, 0.1) is 11.3 Å². The van der Waals surface area contributed by atoms with Crippen molar-refractivity contribution < 1.29 is 9.90 Å². The first-order valence-corrected chi connectivity index (χ1v) is 9.04. The summed E-state index contributed by atoms with van der Waals surface area (Å²) in [7, 11) is 0. The van der Waals surface area contributed by atoms with Crippen LogP contribution in [0.3, 0.4) is 0 Å². The maximum Gasteiger partial charge on any atom is 0.225 e. The maximum atomic E-state index is 12.6. The van der Waals surface area contributed by atoms with Crippen molar-refractivity contribution in [2.45, 2.75) is 52.4 Å². The van der Waals surface area contributed by atoms with E-state index in [1.54, 1.807) is 0 Å². The minimum absolute atomic E-state index is 0.0489. The molecule has 0 saturated carbocycles. The molecule has 1 fully saturated rings. The second kappa shape index (κ2) is 8.49. The van der Waals surface area contributed by atoms with E-state index in [0.717, 1.165) is 51.6 Å². The number of carbonyl (C=O) groups is 1. The van der Waals surface area contributed by atoms with Gasteiger partial charge in [0.05, 0.1) is 0 Å². The predicted molar refractivity (Wildman–Crippen MR) is 94.2 cm³/mol. The number of hydrogen-bond acceptors (Lipinski definition) is 2. The van der Waals surface area contributed by atoms with Crippen LogP contribution in [-0.2, 0) is 11.2 Å². The van der Waals surface area contributed by atoms with Gasteiger partial charge in [-0.3, -0.25) is 4.79 Å². The summed E-state index contributed by atoms with van der Waals surface area (Å²) in [5.74, 6) is 0.391. The molecule has 23 heavy (non-hydrogen) atoms. The van der Waals surface area contributed by atoms with Gasteiger partial charge in [-0.2, -0.15) is 0 Å². The van der Waals surface area contributed by atoms with E-state index in [9.17, 15) is 9.90 Å². The van der Waals surface area contributed by atoms with Gasteiger partial charge >= 0.3 is 0 Å². The van der Waals surface area contributed by atoms with Gasteiger partial charge < -0.3 is 10.0 Å². The fourth-order valence-corrected chi connectivity index (χ4v) is 3.52. The van der Waals surface area contributed by atoms with E-state index in [1.165, 1.54) is 5.56 Å². The quantitative estimate of drug-likeness (QED) is 0.834. The molecule has 1 aromatic carbocycles. The van der Waals surface area contributed by atoms with Crippen LogP contribution in [0.2, 0.25) is 0 Å².